The highest BCUT2D eigenvalue weighted by Gasteiger charge is 2.18. The summed E-state index contributed by atoms with van der Waals surface area (Å²) in [4.78, 5) is 15.8. The Morgan fingerprint density at radius 2 is 2.06 bits per heavy atom. The van der Waals surface area contributed by atoms with Gasteiger partial charge < -0.3 is 16.4 Å². The number of hydrogen-bond acceptors (Lipinski definition) is 4. The molecule has 1 rings (SSSR count). The summed E-state index contributed by atoms with van der Waals surface area (Å²) in [7, 11) is 0. The fourth-order valence-electron chi connectivity index (χ4n) is 1.28. The van der Waals surface area contributed by atoms with Crippen LogP contribution in [-0.2, 0) is 4.79 Å². The van der Waals surface area contributed by atoms with E-state index in [4.69, 9.17) is 5.73 Å². The van der Waals surface area contributed by atoms with E-state index in [1.54, 1.807) is 25.3 Å². The molecule has 5 nitrogen and oxygen atoms in total. The van der Waals surface area contributed by atoms with E-state index in [2.05, 4.69) is 15.6 Å². The number of hydrogen-bond donors (Lipinski definition) is 3. The van der Waals surface area contributed by atoms with Gasteiger partial charge in [0.05, 0.1) is 11.9 Å². The van der Waals surface area contributed by atoms with Crippen LogP contribution >= 0.6 is 0 Å². The Morgan fingerprint density at radius 1 is 1.41 bits per heavy atom. The number of pyridine rings is 1. The van der Waals surface area contributed by atoms with E-state index < -0.39 is 0 Å². The van der Waals surface area contributed by atoms with Crippen molar-refractivity contribution in [3.05, 3.63) is 18.3 Å². The third-order valence-electron chi connectivity index (χ3n) is 2.06. The molecule has 5 heteroatoms. The van der Waals surface area contributed by atoms with E-state index in [0.717, 1.165) is 5.69 Å². The van der Waals surface area contributed by atoms with Crippen molar-refractivity contribution in [2.24, 2.45) is 0 Å². The van der Waals surface area contributed by atoms with E-state index in [0.29, 0.717) is 5.82 Å². The molecular formula is C12H20N4O. The third-order valence-corrected chi connectivity index (χ3v) is 2.06. The van der Waals surface area contributed by atoms with Crippen LogP contribution in [0.4, 0.5) is 11.5 Å². The molecule has 1 aromatic rings. The zero-order chi connectivity index (χ0) is 13.1. The first-order valence-corrected chi connectivity index (χ1v) is 5.58. The van der Waals surface area contributed by atoms with Gasteiger partial charge in [0.1, 0.15) is 11.9 Å². The SMILES string of the molecule is CC(Nc1ccc(N)nc1)C(=O)NC(C)(C)C. The van der Waals surface area contributed by atoms with Crippen LogP contribution in [0.5, 0.6) is 0 Å². The second kappa shape index (κ2) is 5.03. The van der Waals surface area contributed by atoms with Gasteiger partial charge in [0.2, 0.25) is 5.91 Å². The van der Waals surface area contributed by atoms with Crippen LogP contribution in [0.1, 0.15) is 27.7 Å². The average Bonchev–Trinajstić information content (AvgIpc) is 2.19. The largest absolute Gasteiger partial charge is 0.384 e. The number of aromatic nitrogens is 1. The zero-order valence-electron chi connectivity index (χ0n) is 10.7. The van der Waals surface area contributed by atoms with Gasteiger partial charge in [-0.15, -0.1) is 0 Å². The first-order chi connectivity index (χ1) is 7.78. The second-order valence-electron chi connectivity index (χ2n) is 5.08. The van der Waals surface area contributed by atoms with E-state index in [9.17, 15) is 4.79 Å². The lowest BCUT2D eigenvalue weighted by molar-refractivity contribution is -0.122. The number of carbonyl (C=O) groups excluding carboxylic acids is 1. The minimum absolute atomic E-state index is 0.0469. The van der Waals surface area contributed by atoms with Crippen LogP contribution in [0.2, 0.25) is 0 Å². The number of amides is 1. The lowest BCUT2D eigenvalue weighted by Crippen LogP contribution is -2.47. The summed E-state index contributed by atoms with van der Waals surface area (Å²) in [5.41, 5.74) is 6.03. The number of rotatable bonds is 3. The topological polar surface area (TPSA) is 80.0 Å². The number of nitrogen functional groups attached to an aromatic ring is 1. The van der Waals surface area contributed by atoms with Crippen molar-refractivity contribution in [1.82, 2.24) is 10.3 Å². The van der Waals surface area contributed by atoms with Crippen LogP contribution in [0, 0.1) is 0 Å². The molecule has 94 valence electrons. The number of nitrogens with zero attached hydrogens (tertiary/aromatic N) is 1. The highest BCUT2D eigenvalue weighted by atomic mass is 16.2. The Hall–Kier alpha value is -1.78. The van der Waals surface area contributed by atoms with Gasteiger partial charge in [0, 0.05) is 5.54 Å². The molecule has 0 aliphatic carbocycles. The molecule has 0 fully saturated rings. The Bertz CT molecular complexity index is 380. The molecule has 0 spiro atoms. The first-order valence-electron chi connectivity index (χ1n) is 5.58. The molecule has 1 heterocycles. The van der Waals surface area contributed by atoms with Crippen molar-refractivity contribution in [2.45, 2.75) is 39.3 Å². The van der Waals surface area contributed by atoms with Gasteiger partial charge in [0.25, 0.3) is 0 Å². The highest BCUT2D eigenvalue weighted by molar-refractivity contribution is 5.84. The Morgan fingerprint density at radius 3 is 2.53 bits per heavy atom. The molecule has 0 bridgehead atoms. The molecule has 0 saturated heterocycles. The van der Waals surface area contributed by atoms with Gasteiger partial charge in [-0.2, -0.15) is 0 Å². The van der Waals surface area contributed by atoms with Crippen molar-refractivity contribution in [3.63, 3.8) is 0 Å². The Balaban J connectivity index is 2.57. The molecule has 1 amide bonds. The highest BCUT2D eigenvalue weighted by Crippen LogP contribution is 2.09. The van der Waals surface area contributed by atoms with Gasteiger partial charge in [-0.3, -0.25) is 4.79 Å². The smallest absolute Gasteiger partial charge is 0.242 e. The molecule has 0 aliphatic heterocycles. The molecular weight excluding hydrogens is 216 g/mol. The van der Waals surface area contributed by atoms with Crippen LogP contribution < -0.4 is 16.4 Å². The predicted molar refractivity (Wildman–Crippen MR) is 69.6 cm³/mol. The number of nitrogens with one attached hydrogen (secondary N) is 2. The minimum Gasteiger partial charge on any atom is -0.384 e. The van der Waals surface area contributed by atoms with E-state index >= 15 is 0 Å². The van der Waals surface area contributed by atoms with Gasteiger partial charge in [0.15, 0.2) is 0 Å². The van der Waals surface area contributed by atoms with Crippen LogP contribution in [0.15, 0.2) is 18.3 Å². The number of carbonyl (C=O) groups is 1. The zero-order valence-corrected chi connectivity index (χ0v) is 10.7. The maximum absolute atomic E-state index is 11.8. The normalized spacial score (nSPS) is 12.9. The molecule has 0 radical (unpaired) electrons. The lowest BCUT2D eigenvalue weighted by atomic mass is 10.1. The summed E-state index contributed by atoms with van der Waals surface area (Å²) < 4.78 is 0. The molecule has 17 heavy (non-hydrogen) atoms. The standard InChI is InChI=1S/C12H20N4O/c1-8(11(17)16-12(2,3)4)15-9-5-6-10(13)14-7-9/h5-8,15H,1-4H3,(H2,13,14)(H,16,17). The quantitative estimate of drug-likeness (QED) is 0.740. The first kappa shape index (κ1) is 13.3. The minimum atomic E-state index is -0.320. The molecule has 4 N–H and O–H groups in total. The van der Waals surface area contributed by atoms with Gasteiger partial charge >= 0.3 is 0 Å². The van der Waals surface area contributed by atoms with Crippen molar-refractivity contribution in [3.8, 4) is 0 Å². The molecule has 1 aromatic heterocycles. The maximum atomic E-state index is 11.8. The van der Waals surface area contributed by atoms with E-state index in [1.165, 1.54) is 0 Å². The molecule has 0 aliphatic rings. The molecule has 0 aromatic carbocycles. The lowest BCUT2D eigenvalue weighted by Gasteiger charge is -2.24. The Kier molecular flexibility index (Phi) is 3.93. The second-order valence-corrected chi connectivity index (χ2v) is 5.08. The third kappa shape index (κ3) is 4.72. The summed E-state index contributed by atoms with van der Waals surface area (Å²) >= 11 is 0. The van der Waals surface area contributed by atoms with E-state index in [-0.39, 0.29) is 17.5 Å². The monoisotopic (exact) mass is 236 g/mol. The van der Waals surface area contributed by atoms with Crippen LogP contribution in [0.25, 0.3) is 0 Å². The summed E-state index contributed by atoms with van der Waals surface area (Å²) in [6, 6.07) is 3.17. The summed E-state index contributed by atoms with van der Waals surface area (Å²) in [6.07, 6.45) is 1.61. The summed E-state index contributed by atoms with van der Waals surface area (Å²) in [5, 5.41) is 5.97. The fraction of sp³-hybridized carbons (Fsp3) is 0.500. The van der Waals surface area contributed by atoms with Crippen molar-refractivity contribution in [1.29, 1.82) is 0 Å². The Labute approximate surface area is 102 Å². The van der Waals surface area contributed by atoms with Crippen molar-refractivity contribution in [2.75, 3.05) is 11.1 Å². The van der Waals surface area contributed by atoms with Gasteiger partial charge in [-0.1, -0.05) is 0 Å². The average molecular weight is 236 g/mol. The maximum Gasteiger partial charge on any atom is 0.242 e. The predicted octanol–water partition coefficient (Wildman–Crippen LogP) is 1.38. The fourth-order valence-corrected chi connectivity index (χ4v) is 1.28. The van der Waals surface area contributed by atoms with Crippen LogP contribution in [-0.4, -0.2) is 22.5 Å². The molecule has 0 saturated carbocycles. The van der Waals surface area contributed by atoms with Gasteiger partial charge in [-0.25, -0.2) is 4.98 Å². The number of nitrogens with two attached hydrogens (primary N) is 1. The van der Waals surface area contributed by atoms with Crippen molar-refractivity contribution >= 4 is 17.4 Å². The van der Waals surface area contributed by atoms with Crippen molar-refractivity contribution < 1.29 is 4.79 Å². The summed E-state index contributed by atoms with van der Waals surface area (Å²) in [5.74, 6) is 0.414. The number of anilines is 2. The van der Waals surface area contributed by atoms with E-state index in [1.807, 2.05) is 20.8 Å². The van der Waals surface area contributed by atoms with Crippen LogP contribution in [0.3, 0.4) is 0 Å². The van der Waals surface area contributed by atoms with Gasteiger partial charge in [-0.05, 0) is 39.8 Å². The summed E-state index contributed by atoms with van der Waals surface area (Å²) in [6.45, 7) is 7.64. The molecule has 1 atom stereocenters. The molecule has 1 unspecified atom stereocenters.